The summed E-state index contributed by atoms with van der Waals surface area (Å²) < 4.78 is 0. The SMILES string of the molecule is Cc1ccc(N)c(C(=O)N2CCNC(=O)C2(C)C)c1. The zero-order valence-corrected chi connectivity index (χ0v) is 11.5. The van der Waals surface area contributed by atoms with Crippen molar-refractivity contribution in [1.82, 2.24) is 10.2 Å². The highest BCUT2D eigenvalue weighted by atomic mass is 16.2. The minimum Gasteiger partial charge on any atom is -0.398 e. The van der Waals surface area contributed by atoms with Gasteiger partial charge in [-0.1, -0.05) is 11.6 Å². The largest absolute Gasteiger partial charge is 0.398 e. The normalized spacial score (nSPS) is 18.1. The molecule has 1 saturated heterocycles. The molecule has 0 radical (unpaired) electrons. The average Bonchev–Trinajstić information content (AvgIpc) is 2.35. The van der Waals surface area contributed by atoms with E-state index in [2.05, 4.69) is 5.32 Å². The van der Waals surface area contributed by atoms with Gasteiger partial charge in [0.05, 0.1) is 5.56 Å². The molecule has 0 spiro atoms. The minimum absolute atomic E-state index is 0.140. The number of nitrogens with zero attached hydrogens (tertiary/aromatic N) is 1. The van der Waals surface area contributed by atoms with Crippen LogP contribution in [0, 0.1) is 6.92 Å². The van der Waals surface area contributed by atoms with Gasteiger partial charge in [-0.3, -0.25) is 9.59 Å². The number of hydrogen-bond acceptors (Lipinski definition) is 3. The van der Waals surface area contributed by atoms with Crippen molar-refractivity contribution < 1.29 is 9.59 Å². The summed E-state index contributed by atoms with van der Waals surface area (Å²) >= 11 is 0. The van der Waals surface area contributed by atoms with Crippen LogP contribution in [0.25, 0.3) is 0 Å². The zero-order valence-electron chi connectivity index (χ0n) is 11.5. The second kappa shape index (κ2) is 4.57. The molecule has 0 saturated carbocycles. The van der Waals surface area contributed by atoms with Crippen molar-refractivity contribution in [1.29, 1.82) is 0 Å². The van der Waals surface area contributed by atoms with Crippen molar-refractivity contribution in [2.24, 2.45) is 0 Å². The molecule has 0 aromatic heterocycles. The first kappa shape index (κ1) is 13.4. The first-order valence-electron chi connectivity index (χ1n) is 6.30. The molecule has 19 heavy (non-hydrogen) atoms. The molecule has 0 aliphatic carbocycles. The molecule has 102 valence electrons. The van der Waals surface area contributed by atoms with Gasteiger partial charge in [0.15, 0.2) is 0 Å². The molecule has 5 heteroatoms. The van der Waals surface area contributed by atoms with E-state index in [0.29, 0.717) is 24.3 Å². The third kappa shape index (κ3) is 2.28. The summed E-state index contributed by atoms with van der Waals surface area (Å²) in [6.07, 6.45) is 0. The van der Waals surface area contributed by atoms with Crippen molar-refractivity contribution in [3.63, 3.8) is 0 Å². The summed E-state index contributed by atoms with van der Waals surface area (Å²) in [7, 11) is 0. The lowest BCUT2D eigenvalue weighted by molar-refractivity contribution is -0.133. The lowest BCUT2D eigenvalue weighted by atomic mass is 9.97. The van der Waals surface area contributed by atoms with E-state index < -0.39 is 5.54 Å². The Morgan fingerprint density at radius 3 is 2.79 bits per heavy atom. The van der Waals surface area contributed by atoms with Gasteiger partial charge in [0.25, 0.3) is 5.91 Å². The van der Waals surface area contributed by atoms with Crippen LogP contribution in [-0.2, 0) is 4.79 Å². The second-order valence-corrected chi connectivity index (χ2v) is 5.36. The van der Waals surface area contributed by atoms with Crippen LogP contribution in [0.2, 0.25) is 0 Å². The van der Waals surface area contributed by atoms with Crippen molar-refractivity contribution in [2.45, 2.75) is 26.3 Å². The van der Waals surface area contributed by atoms with E-state index in [0.717, 1.165) is 5.56 Å². The van der Waals surface area contributed by atoms with Crippen molar-refractivity contribution >= 4 is 17.5 Å². The van der Waals surface area contributed by atoms with Gasteiger partial charge in [-0.2, -0.15) is 0 Å². The summed E-state index contributed by atoms with van der Waals surface area (Å²) in [6, 6.07) is 5.35. The van der Waals surface area contributed by atoms with E-state index in [1.807, 2.05) is 13.0 Å². The van der Waals surface area contributed by atoms with Crippen LogP contribution >= 0.6 is 0 Å². The molecule has 3 N–H and O–H groups in total. The van der Waals surface area contributed by atoms with Gasteiger partial charge in [-0.05, 0) is 32.9 Å². The lowest BCUT2D eigenvalue weighted by Crippen LogP contribution is -2.63. The number of hydrogen-bond donors (Lipinski definition) is 2. The van der Waals surface area contributed by atoms with Crippen LogP contribution in [0.4, 0.5) is 5.69 Å². The molecule has 0 unspecified atom stereocenters. The third-order valence-electron chi connectivity index (χ3n) is 3.54. The summed E-state index contributed by atoms with van der Waals surface area (Å²) in [5, 5.41) is 2.77. The number of amides is 2. The number of aryl methyl sites for hydroxylation is 1. The number of carbonyl (C=O) groups is 2. The average molecular weight is 261 g/mol. The summed E-state index contributed by atoms with van der Waals surface area (Å²) in [5.41, 5.74) is 6.89. The predicted molar refractivity (Wildman–Crippen MR) is 73.7 cm³/mol. The van der Waals surface area contributed by atoms with E-state index >= 15 is 0 Å². The molecule has 2 rings (SSSR count). The number of anilines is 1. The highest BCUT2D eigenvalue weighted by Gasteiger charge is 2.41. The molecule has 1 heterocycles. The zero-order chi connectivity index (χ0) is 14.2. The Kier molecular flexibility index (Phi) is 3.22. The van der Waals surface area contributed by atoms with Gasteiger partial charge < -0.3 is 16.0 Å². The van der Waals surface area contributed by atoms with Crippen LogP contribution < -0.4 is 11.1 Å². The van der Waals surface area contributed by atoms with Gasteiger partial charge in [0, 0.05) is 18.8 Å². The number of rotatable bonds is 1. The first-order chi connectivity index (χ1) is 8.84. The number of benzene rings is 1. The number of piperazine rings is 1. The van der Waals surface area contributed by atoms with E-state index in [1.165, 1.54) is 0 Å². The molecule has 5 nitrogen and oxygen atoms in total. The first-order valence-corrected chi connectivity index (χ1v) is 6.30. The second-order valence-electron chi connectivity index (χ2n) is 5.36. The van der Waals surface area contributed by atoms with Gasteiger partial charge in [-0.25, -0.2) is 0 Å². The highest BCUT2D eigenvalue weighted by Crippen LogP contribution is 2.23. The topological polar surface area (TPSA) is 75.4 Å². The molecule has 1 aliphatic heterocycles. The maximum Gasteiger partial charge on any atom is 0.256 e. The van der Waals surface area contributed by atoms with Crippen molar-refractivity contribution in [2.75, 3.05) is 18.8 Å². The molecular weight excluding hydrogens is 242 g/mol. The Labute approximate surface area is 112 Å². The van der Waals surface area contributed by atoms with E-state index in [1.54, 1.807) is 30.9 Å². The smallest absolute Gasteiger partial charge is 0.256 e. The van der Waals surface area contributed by atoms with Gasteiger partial charge in [-0.15, -0.1) is 0 Å². The minimum atomic E-state index is -0.856. The van der Waals surface area contributed by atoms with E-state index in [9.17, 15) is 9.59 Å². The Bertz CT molecular complexity index is 537. The lowest BCUT2D eigenvalue weighted by Gasteiger charge is -2.41. The molecular formula is C14H19N3O2. The Morgan fingerprint density at radius 2 is 2.11 bits per heavy atom. The van der Waals surface area contributed by atoms with Crippen LogP contribution in [-0.4, -0.2) is 35.3 Å². The van der Waals surface area contributed by atoms with E-state index in [4.69, 9.17) is 5.73 Å². The summed E-state index contributed by atoms with van der Waals surface area (Å²) in [4.78, 5) is 26.1. The summed E-state index contributed by atoms with van der Waals surface area (Å²) in [6.45, 7) is 6.35. The molecule has 1 aromatic rings. The van der Waals surface area contributed by atoms with Crippen molar-refractivity contribution in [3.05, 3.63) is 29.3 Å². The van der Waals surface area contributed by atoms with Crippen LogP contribution in [0.15, 0.2) is 18.2 Å². The van der Waals surface area contributed by atoms with Gasteiger partial charge >= 0.3 is 0 Å². The summed E-state index contributed by atoms with van der Waals surface area (Å²) in [5.74, 6) is -0.334. The maximum absolute atomic E-state index is 12.6. The number of nitrogens with two attached hydrogens (primary N) is 1. The number of carbonyl (C=O) groups excluding carboxylic acids is 2. The molecule has 0 atom stereocenters. The monoisotopic (exact) mass is 261 g/mol. The molecule has 2 amide bonds. The van der Waals surface area contributed by atoms with Gasteiger partial charge in [0.1, 0.15) is 5.54 Å². The Balaban J connectivity index is 2.38. The Hall–Kier alpha value is -2.04. The number of nitrogen functional groups attached to an aromatic ring is 1. The molecule has 1 aromatic carbocycles. The van der Waals surface area contributed by atoms with Crippen LogP contribution in [0.1, 0.15) is 29.8 Å². The third-order valence-corrected chi connectivity index (χ3v) is 3.54. The Morgan fingerprint density at radius 1 is 1.42 bits per heavy atom. The van der Waals surface area contributed by atoms with Gasteiger partial charge in [0.2, 0.25) is 5.91 Å². The highest BCUT2D eigenvalue weighted by molar-refractivity contribution is 6.03. The maximum atomic E-state index is 12.6. The van der Waals surface area contributed by atoms with Crippen molar-refractivity contribution in [3.8, 4) is 0 Å². The quantitative estimate of drug-likeness (QED) is 0.738. The van der Waals surface area contributed by atoms with E-state index in [-0.39, 0.29) is 11.8 Å². The fraction of sp³-hybridized carbons (Fsp3) is 0.429. The molecule has 1 fully saturated rings. The fourth-order valence-corrected chi connectivity index (χ4v) is 2.26. The van der Waals surface area contributed by atoms with Crippen LogP contribution in [0.3, 0.4) is 0 Å². The molecule has 0 bridgehead atoms. The number of nitrogens with one attached hydrogen (secondary N) is 1. The predicted octanol–water partition coefficient (Wildman–Crippen LogP) is 0.928. The fourth-order valence-electron chi connectivity index (χ4n) is 2.26. The standard InChI is InChI=1S/C14H19N3O2/c1-9-4-5-11(15)10(8-9)12(18)17-7-6-16-13(19)14(17,2)3/h4-5,8H,6-7,15H2,1-3H3,(H,16,19). The van der Waals surface area contributed by atoms with Crippen LogP contribution in [0.5, 0.6) is 0 Å². The molecule has 1 aliphatic rings.